The van der Waals surface area contributed by atoms with Gasteiger partial charge in [-0.1, -0.05) is 52.0 Å². The molecule has 0 amide bonds. The summed E-state index contributed by atoms with van der Waals surface area (Å²) >= 11 is 0. The van der Waals surface area contributed by atoms with Crippen molar-refractivity contribution in [1.29, 1.82) is 0 Å². The van der Waals surface area contributed by atoms with Crippen molar-refractivity contribution in [2.45, 2.75) is 60.0 Å². The van der Waals surface area contributed by atoms with Gasteiger partial charge in [-0.15, -0.1) is 0 Å². The van der Waals surface area contributed by atoms with E-state index < -0.39 is 0 Å². The van der Waals surface area contributed by atoms with Gasteiger partial charge < -0.3 is 5.32 Å². The van der Waals surface area contributed by atoms with E-state index in [1.807, 2.05) is 0 Å². The number of nitrogens with one attached hydrogen (secondary N) is 1. The van der Waals surface area contributed by atoms with Gasteiger partial charge in [-0.25, -0.2) is 0 Å². The summed E-state index contributed by atoms with van der Waals surface area (Å²) < 4.78 is 0. The van der Waals surface area contributed by atoms with Crippen molar-refractivity contribution in [3.8, 4) is 0 Å². The molecule has 1 aromatic carbocycles. The van der Waals surface area contributed by atoms with Crippen LogP contribution < -0.4 is 5.32 Å². The van der Waals surface area contributed by atoms with Crippen LogP contribution in [-0.2, 0) is 6.42 Å². The molecule has 2 nitrogen and oxygen atoms in total. The van der Waals surface area contributed by atoms with Crippen LogP contribution in [0.2, 0.25) is 0 Å². The highest BCUT2D eigenvalue weighted by Crippen LogP contribution is 2.18. The van der Waals surface area contributed by atoms with E-state index in [4.69, 9.17) is 0 Å². The molecule has 0 aromatic heterocycles. The zero-order chi connectivity index (χ0) is 15.8. The molecule has 21 heavy (non-hydrogen) atoms. The molecule has 0 fully saturated rings. The molecule has 0 aliphatic rings. The van der Waals surface area contributed by atoms with Gasteiger partial charge >= 0.3 is 0 Å². The van der Waals surface area contributed by atoms with Crippen LogP contribution in [0.4, 0.5) is 0 Å². The monoisotopic (exact) mass is 290 g/mol. The SMILES string of the molecule is CCNC(CN(CC)C(C)C)c1ccc(CC(C)C)cc1. The number of hydrogen-bond acceptors (Lipinski definition) is 2. The van der Waals surface area contributed by atoms with Gasteiger partial charge in [0.1, 0.15) is 0 Å². The van der Waals surface area contributed by atoms with E-state index in [2.05, 4.69) is 76.0 Å². The van der Waals surface area contributed by atoms with Crippen LogP contribution in [0.5, 0.6) is 0 Å². The van der Waals surface area contributed by atoms with Gasteiger partial charge in [0.25, 0.3) is 0 Å². The highest BCUT2D eigenvalue weighted by Gasteiger charge is 2.16. The minimum absolute atomic E-state index is 0.422. The molecule has 2 heteroatoms. The second kappa shape index (κ2) is 9.22. The fourth-order valence-corrected chi connectivity index (χ4v) is 2.83. The normalized spacial score (nSPS) is 13.4. The maximum atomic E-state index is 3.64. The summed E-state index contributed by atoms with van der Waals surface area (Å²) in [5.41, 5.74) is 2.85. The first-order valence-corrected chi connectivity index (χ1v) is 8.54. The molecule has 1 N–H and O–H groups in total. The predicted octanol–water partition coefficient (Wildman–Crippen LogP) is 4.27. The lowest BCUT2D eigenvalue weighted by Crippen LogP contribution is -2.39. The second-order valence-corrected chi connectivity index (χ2v) is 6.63. The Hall–Kier alpha value is -0.860. The molecular weight excluding hydrogens is 256 g/mol. The van der Waals surface area contributed by atoms with E-state index >= 15 is 0 Å². The topological polar surface area (TPSA) is 15.3 Å². The number of rotatable bonds is 9. The Bertz CT molecular complexity index is 381. The van der Waals surface area contributed by atoms with Gasteiger partial charge in [0.05, 0.1) is 0 Å². The van der Waals surface area contributed by atoms with E-state index in [1.54, 1.807) is 0 Å². The summed E-state index contributed by atoms with van der Waals surface area (Å²) in [6.07, 6.45) is 1.17. The standard InChI is InChI=1S/C19H34N2/c1-7-20-19(14-21(8-2)16(5)6)18-11-9-17(10-12-18)13-15(3)4/h9-12,15-16,19-20H,7-8,13-14H2,1-6H3. The van der Waals surface area contributed by atoms with E-state index in [9.17, 15) is 0 Å². The quantitative estimate of drug-likeness (QED) is 0.731. The summed E-state index contributed by atoms with van der Waals surface area (Å²) in [6, 6.07) is 10.2. The molecule has 0 radical (unpaired) electrons. The summed E-state index contributed by atoms with van der Waals surface area (Å²) in [5.74, 6) is 0.719. The Balaban J connectivity index is 2.79. The average Bonchev–Trinajstić information content (AvgIpc) is 2.43. The first-order chi connectivity index (χ1) is 9.97. The lowest BCUT2D eigenvalue weighted by Gasteiger charge is -2.30. The van der Waals surface area contributed by atoms with E-state index in [0.717, 1.165) is 25.6 Å². The molecule has 0 saturated heterocycles. The highest BCUT2D eigenvalue weighted by atomic mass is 15.2. The first kappa shape index (κ1) is 18.2. The van der Waals surface area contributed by atoms with Crippen molar-refractivity contribution in [2.75, 3.05) is 19.6 Å². The van der Waals surface area contributed by atoms with Crippen LogP contribution in [-0.4, -0.2) is 30.6 Å². The summed E-state index contributed by atoms with van der Waals surface area (Å²) in [5, 5.41) is 3.64. The third kappa shape index (κ3) is 6.19. The molecule has 0 spiro atoms. The molecule has 0 saturated carbocycles. The first-order valence-electron chi connectivity index (χ1n) is 8.54. The molecule has 1 atom stereocenters. The Morgan fingerprint density at radius 2 is 1.62 bits per heavy atom. The van der Waals surface area contributed by atoms with Crippen LogP contribution in [0, 0.1) is 5.92 Å². The molecular formula is C19H34N2. The third-order valence-corrected chi connectivity index (χ3v) is 4.03. The van der Waals surface area contributed by atoms with Gasteiger partial charge in [0, 0.05) is 18.6 Å². The van der Waals surface area contributed by atoms with E-state index in [1.165, 1.54) is 17.5 Å². The Kier molecular flexibility index (Phi) is 7.98. The van der Waals surface area contributed by atoms with Gasteiger partial charge in [-0.05, 0) is 50.4 Å². The van der Waals surface area contributed by atoms with Crippen molar-refractivity contribution in [3.63, 3.8) is 0 Å². The number of benzene rings is 1. The highest BCUT2D eigenvalue weighted by molar-refractivity contribution is 5.25. The molecule has 0 heterocycles. The predicted molar refractivity (Wildman–Crippen MR) is 93.8 cm³/mol. The van der Waals surface area contributed by atoms with Crippen LogP contribution in [0.25, 0.3) is 0 Å². The molecule has 0 bridgehead atoms. The summed E-state index contributed by atoms with van der Waals surface area (Å²) in [6.45, 7) is 16.7. The molecule has 1 rings (SSSR count). The van der Waals surface area contributed by atoms with Gasteiger partial charge in [-0.3, -0.25) is 4.90 Å². The van der Waals surface area contributed by atoms with E-state index in [-0.39, 0.29) is 0 Å². The van der Waals surface area contributed by atoms with Crippen LogP contribution in [0.3, 0.4) is 0 Å². The van der Waals surface area contributed by atoms with Crippen molar-refractivity contribution in [3.05, 3.63) is 35.4 Å². The van der Waals surface area contributed by atoms with Crippen LogP contribution in [0.1, 0.15) is 58.7 Å². The fraction of sp³-hybridized carbons (Fsp3) is 0.684. The van der Waals surface area contributed by atoms with E-state index in [0.29, 0.717) is 12.1 Å². The Morgan fingerprint density at radius 3 is 2.05 bits per heavy atom. The number of likely N-dealkylation sites (N-methyl/N-ethyl adjacent to an activating group) is 2. The third-order valence-electron chi connectivity index (χ3n) is 4.03. The van der Waals surface area contributed by atoms with Crippen LogP contribution in [0.15, 0.2) is 24.3 Å². The molecule has 1 aromatic rings. The zero-order valence-corrected chi connectivity index (χ0v) is 14.8. The molecule has 0 aliphatic heterocycles. The van der Waals surface area contributed by atoms with Crippen molar-refractivity contribution < 1.29 is 0 Å². The maximum absolute atomic E-state index is 3.64. The number of nitrogens with zero attached hydrogens (tertiary/aromatic N) is 1. The fourth-order valence-electron chi connectivity index (χ4n) is 2.83. The molecule has 120 valence electrons. The molecule has 1 unspecified atom stereocenters. The number of hydrogen-bond donors (Lipinski definition) is 1. The van der Waals surface area contributed by atoms with Gasteiger partial charge in [-0.2, -0.15) is 0 Å². The lowest BCUT2D eigenvalue weighted by molar-refractivity contribution is 0.208. The smallest absolute Gasteiger partial charge is 0.0449 e. The average molecular weight is 290 g/mol. The minimum Gasteiger partial charge on any atom is -0.309 e. The Morgan fingerprint density at radius 1 is 1.00 bits per heavy atom. The van der Waals surface area contributed by atoms with Crippen molar-refractivity contribution >= 4 is 0 Å². The lowest BCUT2D eigenvalue weighted by atomic mass is 9.99. The van der Waals surface area contributed by atoms with Crippen LogP contribution >= 0.6 is 0 Å². The second-order valence-electron chi connectivity index (χ2n) is 6.63. The Labute approximate surface area is 131 Å². The maximum Gasteiger partial charge on any atom is 0.0449 e. The molecule has 0 aliphatic carbocycles. The van der Waals surface area contributed by atoms with Gasteiger partial charge in [0.2, 0.25) is 0 Å². The largest absolute Gasteiger partial charge is 0.309 e. The summed E-state index contributed by atoms with van der Waals surface area (Å²) in [4.78, 5) is 2.52. The minimum atomic E-state index is 0.422. The summed E-state index contributed by atoms with van der Waals surface area (Å²) in [7, 11) is 0. The van der Waals surface area contributed by atoms with Crippen molar-refractivity contribution in [1.82, 2.24) is 10.2 Å². The zero-order valence-electron chi connectivity index (χ0n) is 14.8. The van der Waals surface area contributed by atoms with Crippen molar-refractivity contribution in [2.24, 2.45) is 5.92 Å². The van der Waals surface area contributed by atoms with Gasteiger partial charge in [0.15, 0.2) is 0 Å².